The molecule has 1 aliphatic carbocycles. The molecule has 0 radical (unpaired) electrons. The zero-order chi connectivity index (χ0) is 12.3. The fourth-order valence-electron chi connectivity index (χ4n) is 1.77. The first kappa shape index (κ1) is 11.8. The molecular formula is C13H16O4. The Morgan fingerprint density at radius 2 is 2.18 bits per heavy atom. The first-order valence-electron chi connectivity index (χ1n) is 5.74. The summed E-state index contributed by atoms with van der Waals surface area (Å²) in [6, 6.07) is 5.26. The van der Waals surface area contributed by atoms with E-state index in [1.165, 1.54) is 6.42 Å². The number of carboxylic acid groups (broad SMARTS) is 1. The summed E-state index contributed by atoms with van der Waals surface area (Å²) in [7, 11) is 1.58. The van der Waals surface area contributed by atoms with E-state index in [9.17, 15) is 4.79 Å². The van der Waals surface area contributed by atoms with Crippen LogP contribution in [0.2, 0.25) is 0 Å². The number of carboxylic acids is 1. The van der Waals surface area contributed by atoms with Crippen LogP contribution in [0.25, 0.3) is 0 Å². The molecule has 17 heavy (non-hydrogen) atoms. The van der Waals surface area contributed by atoms with Crippen molar-refractivity contribution in [3.05, 3.63) is 23.8 Å². The summed E-state index contributed by atoms with van der Waals surface area (Å²) in [6.07, 6.45) is 3.58. The van der Waals surface area contributed by atoms with E-state index in [0.29, 0.717) is 11.5 Å². The van der Waals surface area contributed by atoms with Crippen molar-refractivity contribution in [2.75, 3.05) is 7.11 Å². The fourth-order valence-corrected chi connectivity index (χ4v) is 1.77. The summed E-state index contributed by atoms with van der Waals surface area (Å²) < 4.78 is 11.0. The molecule has 4 heteroatoms. The van der Waals surface area contributed by atoms with E-state index in [1.54, 1.807) is 25.3 Å². The minimum atomic E-state index is -0.843. The average molecular weight is 236 g/mol. The second-order valence-corrected chi connectivity index (χ2v) is 4.23. The lowest BCUT2D eigenvalue weighted by Gasteiger charge is -2.27. The fraction of sp³-hybridized carbons (Fsp3) is 0.462. The number of aliphatic carboxylic acids is 1. The van der Waals surface area contributed by atoms with Crippen molar-refractivity contribution >= 4 is 5.97 Å². The van der Waals surface area contributed by atoms with E-state index in [4.69, 9.17) is 14.6 Å². The predicted molar refractivity (Wildman–Crippen MR) is 62.6 cm³/mol. The van der Waals surface area contributed by atoms with Gasteiger partial charge in [0.15, 0.2) is 11.5 Å². The molecular weight excluding hydrogens is 220 g/mol. The summed E-state index contributed by atoms with van der Waals surface area (Å²) in [6.45, 7) is 0. The lowest BCUT2D eigenvalue weighted by Crippen LogP contribution is -2.24. The quantitative estimate of drug-likeness (QED) is 0.852. The van der Waals surface area contributed by atoms with Crippen molar-refractivity contribution in [2.24, 2.45) is 0 Å². The van der Waals surface area contributed by atoms with Crippen LogP contribution in [0.3, 0.4) is 0 Å². The normalized spacial score (nSPS) is 15.1. The highest BCUT2D eigenvalue weighted by Gasteiger charge is 2.21. The molecule has 2 rings (SSSR count). The van der Waals surface area contributed by atoms with Gasteiger partial charge in [0.1, 0.15) is 0 Å². The predicted octanol–water partition coefficient (Wildman–Crippen LogP) is 2.25. The Hall–Kier alpha value is -1.71. The molecule has 1 fully saturated rings. The third-order valence-electron chi connectivity index (χ3n) is 2.93. The Kier molecular flexibility index (Phi) is 3.52. The number of ether oxygens (including phenoxy) is 2. The Bertz CT molecular complexity index is 410. The standard InChI is InChI=1S/C13H16O4/c1-16-11-6-5-9(8-13(14)15)7-12(11)17-10-3-2-4-10/h5-7,10H,2-4,8H2,1H3,(H,14,15). The van der Waals surface area contributed by atoms with E-state index in [1.807, 2.05) is 0 Å². The number of methoxy groups -OCH3 is 1. The topological polar surface area (TPSA) is 55.8 Å². The molecule has 4 nitrogen and oxygen atoms in total. The lowest BCUT2D eigenvalue weighted by molar-refractivity contribution is -0.136. The molecule has 1 saturated carbocycles. The van der Waals surface area contributed by atoms with E-state index >= 15 is 0 Å². The second kappa shape index (κ2) is 5.08. The first-order chi connectivity index (χ1) is 8.19. The van der Waals surface area contributed by atoms with Crippen molar-refractivity contribution in [1.82, 2.24) is 0 Å². The van der Waals surface area contributed by atoms with Gasteiger partial charge in [0.25, 0.3) is 0 Å². The van der Waals surface area contributed by atoms with Crippen LogP contribution in [0.1, 0.15) is 24.8 Å². The maximum Gasteiger partial charge on any atom is 0.307 e. The number of hydrogen-bond acceptors (Lipinski definition) is 3. The highest BCUT2D eigenvalue weighted by molar-refractivity contribution is 5.70. The number of benzene rings is 1. The third kappa shape index (κ3) is 2.90. The molecule has 1 aliphatic rings. The summed E-state index contributed by atoms with van der Waals surface area (Å²) in [5.41, 5.74) is 0.729. The van der Waals surface area contributed by atoms with Crippen molar-refractivity contribution in [2.45, 2.75) is 31.8 Å². The van der Waals surface area contributed by atoms with Crippen LogP contribution in [-0.4, -0.2) is 24.3 Å². The Labute approximate surface area is 100 Å². The van der Waals surface area contributed by atoms with Gasteiger partial charge in [0.05, 0.1) is 19.6 Å². The van der Waals surface area contributed by atoms with Crippen LogP contribution < -0.4 is 9.47 Å². The van der Waals surface area contributed by atoms with Crippen molar-refractivity contribution in [1.29, 1.82) is 0 Å². The Morgan fingerprint density at radius 1 is 1.41 bits per heavy atom. The van der Waals surface area contributed by atoms with Crippen LogP contribution in [0.15, 0.2) is 18.2 Å². The van der Waals surface area contributed by atoms with Crippen LogP contribution >= 0.6 is 0 Å². The molecule has 1 N–H and O–H groups in total. The molecule has 0 saturated heterocycles. The number of carbonyl (C=O) groups is 1. The van der Waals surface area contributed by atoms with Gasteiger partial charge in [-0.3, -0.25) is 4.79 Å². The van der Waals surface area contributed by atoms with Gasteiger partial charge < -0.3 is 14.6 Å². The van der Waals surface area contributed by atoms with E-state index in [-0.39, 0.29) is 12.5 Å². The van der Waals surface area contributed by atoms with Gasteiger partial charge in [0.2, 0.25) is 0 Å². The zero-order valence-corrected chi connectivity index (χ0v) is 9.81. The first-order valence-corrected chi connectivity index (χ1v) is 5.74. The van der Waals surface area contributed by atoms with Gasteiger partial charge in [-0.15, -0.1) is 0 Å². The molecule has 0 spiro atoms. The van der Waals surface area contributed by atoms with Crippen molar-refractivity contribution in [3.8, 4) is 11.5 Å². The SMILES string of the molecule is COc1ccc(CC(=O)O)cc1OC1CCC1. The monoisotopic (exact) mass is 236 g/mol. The smallest absolute Gasteiger partial charge is 0.307 e. The molecule has 92 valence electrons. The molecule has 0 bridgehead atoms. The average Bonchev–Trinajstić information content (AvgIpc) is 2.23. The number of hydrogen-bond donors (Lipinski definition) is 1. The van der Waals surface area contributed by atoms with E-state index in [2.05, 4.69) is 0 Å². The molecule has 1 aromatic carbocycles. The van der Waals surface area contributed by atoms with Crippen LogP contribution in [0.4, 0.5) is 0 Å². The maximum atomic E-state index is 10.7. The van der Waals surface area contributed by atoms with Gasteiger partial charge in [-0.1, -0.05) is 6.07 Å². The molecule has 0 amide bonds. The van der Waals surface area contributed by atoms with Crippen LogP contribution in [0, 0.1) is 0 Å². The maximum absolute atomic E-state index is 10.7. The van der Waals surface area contributed by atoms with E-state index in [0.717, 1.165) is 18.4 Å². The summed E-state index contributed by atoms with van der Waals surface area (Å²) >= 11 is 0. The third-order valence-corrected chi connectivity index (χ3v) is 2.93. The van der Waals surface area contributed by atoms with Crippen LogP contribution in [0.5, 0.6) is 11.5 Å². The highest BCUT2D eigenvalue weighted by atomic mass is 16.5. The van der Waals surface area contributed by atoms with E-state index < -0.39 is 5.97 Å². The molecule has 0 atom stereocenters. The minimum absolute atomic E-state index is 0.00498. The van der Waals surface area contributed by atoms with Crippen molar-refractivity contribution < 1.29 is 19.4 Å². The molecule has 0 aromatic heterocycles. The van der Waals surface area contributed by atoms with Crippen molar-refractivity contribution in [3.63, 3.8) is 0 Å². The highest BCUT2D eigenvalue weighted by Crippen LogP contribution is 2.33. The Balaban J connectivity index is 2.15. The largest absolute Gasteiger partial charge is 0.493 e. The van der Waals surface area contributed by atoms with Gasteiger partial charge in [-0.2, -0.15) is 0 Å². The van der Waals surface area contributed by atoms with Crippen LogP contribution in [-0.2, 0) is 11.2 Å². The minimum Gasteiger partial charge on any atom is -0.493 e. The molecule has 1 aromatic rings. The van der Waals surface area contributed by atoms with Gasteiger partial charge in [0, 0.05) is 0 Å². The molecule has 0 aliphatic heterocycles. The Morgan fingerprint density at radius 3 is 2.71 bits per heavy atom. The van der Waals surface area contributed by atoms with Gasteiger partial charge >= 0.3 is 5.97 Å². The number of rotatable bonds is 5. The van der Waals surface area contributed by atoms with Gasteiger partial charge in [-0.05, 0) is 37.0 Å². The lowest BCUT2D eigenvalue weighted by atomic mass is 9.96. The molecule has 0 heterocycles. The molecule has 0 unspecified atom stereocenters. The summed E-state index contributed by atoms with van der Waals surface area (Å²) in [4.78, 5) is 10.7. The second-order valence-electron chi connectivity index (χ2n) is 4.23. The zero-order valence-electron chi connectivity index (χ0n) is 9.81. The summed E-state index contributed by atoms with van der Waals surface area (Å²) in [5, 5.41) is 8.75. The van der Waals surface area contributed by atoms with Gasteiger partial charge in [-0.25, -0.2) is 0 Å². The summed E-state index contributed by atoms with van der Waals surface area (Å²) in [5.74, 6) is 0.465.